The molecule has 1 aromatic heterocycles. The van der Waals surface area contributed by atoms with Crippen LogP contribution in [0.1, 0.15) is 12.8 Å². The average molecular weight is 285 g/mol. The molecule has 1 saturated heterocycles. The van der Waals surface area contributed by atoms with Crippen LogP contribution in [0.2, 0.25) is 0 Å². The minimum atomic E-state index is 0.349. The van der Waals surface area contributed by atoms with Crippen LogP contribution in [0.15, 0.2) is 36.7 Å². The van der Waals surface area contributed by atoms with E-state index in [9.17, 15) is 0 Å². The Hall–Kier alpha value is -2.21. The van der Waals surface area contributed by atoms with Crippen LogP contribution in [0.25, 0.3) is 0 Å². The molecular weight excluding hydrogens is 266 g/mol. The quantitative estimate of drug-likeness (QED) is 0.909. The zero-order valence-corrected chi connectivity index (χ0v) is 12.1. The van der Waals surface area contributed by atoms with Crippen LogP contribution in [0.3, 0.4) is 0 Å². The van der Waals surface area contributed by atoms with Gasteiger partial charge in [0.15, 0.2) is 0 Å². The molecule has 3 rings (SSSR count). The highest BCUT2D eigenvalue weighted by Crippen LogP contribution is 2.23. The molecule has 1 N–H and O–H groups in total. The molecule has 110 valence electrons. The minimum Gasteiger partial charge on any atom is -0.383 e. The molecule has 0 spiro atoms. The Morgan fingerprint density at radius 2 is 2.14 bits per heavy atom. The lowest BCUT2D eigenvalue weighted by Crippen LogP contribution is -2.34. The van der Waals surface area contributed by atoms with Crippen LogP contribution < -0.4 is 10.2 Å². The fourth-order valence-corrected chi connectivity index (χ4v) is 2.60. The van der Waals surface area contributed by atoms with Crippen LogP contribution in [-0.2, 0) is 4.74 Å². The summed E-state index contributed by atoms with van der Waals surface area (Å²) in [5.41, 5.74) is 0.963. The molecule has 0 amide bonds. The molecule has 1 atom stereocenters. The van der Waals surface area contributed by atoms with Gasteiger partial charge in [0.1, 0.15) is 6.33 Å². The Morgan fingerprint density at radius 3 is 2.95 bits per heavy atom. The number of rotatable bonds is 5. The smallest absolute Gasteiger partial charge is 0.231 e. The Morgan fingerprint density at radius 1 is 1.29 bits per heavy atom. The second kappa shape index (κ2) is 6.49. The van der Waals surface area contributed by atoms with Gasteiger partial charge in [-0.3, -0.25) is 0 Å². The number of ether oxygens (including phenoxy) is 1. The summed E-state index contributed by atoms with van der Waals surface area (Å²) in [7, 11) is 1.73. The van der Waals surface area contributed by atoms with Gasteiger partial charge in [-0.25, -0.2) is 9.97 Å². The van der Waals surface area contributed by atoms with E-state index in [1.165, 1.54) is 0 Å². The van der Waals surface area contributed by atoms with Crippen molar-refractivity contribution in [2.45, 2.75) is 18.9 Å². The van der Waals surface area contributed by atoms with E-state index in [0.717, 1.165) is 25.1 Å². The predicted octanol–water partition coefficient (Wildman–Crippen LogP) is 2.23. The number of nitrogens with zero attached hydrogens (tertiary/aromatic N) is 4. The highest BCUT2D eigenvalue weighted by molar-refractivity contribution is 5.53. The first kappa shape index (κ1) is 13.8. The van der Waals surface area contributed by atoms with Crippen LogP contribution in [0.4, 0.5) is 17.6 Å². The van der Waals surface area contributed by atoms with Gasteiger partial charge >= 0.3 is 0 Å². The SMILES string of the molecule is COC[C@@H]1CCCN1c1ncnc(Nc2ccccc2)n1. The van der Waals surface area contributed by atoms with Crippen LogP contribution in [0, 0.1) is 0 Å². The molecule has 0 radical (unpaired) electrons. The van der Waals surface area contributed by atoms with Gasteiger partial charge in [0.2, 0.25) is 11.9 Å². The molecule has 0 aliphatic carbocycles. The highest BCUT2D eigenvalue weighted by Gasteiger charge is 2.26. The van der Waals surface area contributed by atoms with Crippen molar-refractivity contribution in [3.05, 3.63) is 36.7 Å². The maximum atomic E-state index is 5.27. The largest absolute Gasteiger partial charge is 0.383 e. The standard InChI is InChI=1S/C15H19N5O/c1-21-10-13-8-5-9-20(13)15-17-11-16-14(19-15)18-12-6-3-2-4-7-12/h2-4,6-7,11,13H,5,8-10H2,1H3,(H,16,17,18,19)/t13-/m0/s1. The number of methoxy groups -OCH3 is 1. The molecule has 2 aromatic rings. The summed E-state index contributed by atoms with van der Waals surface area (Å²) in [6.07, 6.45) is 3.80. The van der Waals surface area contributed by atoms with Crippen molar-refractivity contribution in [3.8, 4) is 0 Å². The van der Waals surface area contributed by atoms with Gasteiger partial charge in [-0.15, -0.1) is 0 Å². The fourth-order valence-electron chi connectivity index (χ4n) is 2.60. The van der Waals surface area contributed by atoms with Gasteiger partial charge in [0, 0.05) is 19.3 Å². The normalized spacial score (nSPS) is 18.0. The number of hydrogen-bond donors (Lipinski definition) is 1. The lowest BCUT2D eigenvalue weighted by molar-refractivity contribution is 0.180. The second-order valence-corrected chi connectivity index (χ2v) is 5.04. The van der Waals surface area contributed by atoms with Crippen LogP contribution >= 0.6 is 0 Å². The summed E-state index contributed by atoms with van der Waals surface area (Å²) in [5.74, 6) is 1.28. The first-order chi connectivity index (χ1) is 10.4. The zero-order chi connectivity index (χ0) is 14.5. The summed E-state index contributed by atoms with van der Waals surface area (Å²) in [6, 6.07) is 10.2. The van der Waals surface area contributed by atoms with Gasteiger partial charge in [0.25, 0.3) is 0 Å². The van der Waals surface area contributed by atoms with Gasteiger partial charge in [-0.1, -0.05) is 18.2 Å². The number of anilines is 3. The van der Waals surface area contributed by atoms with Crippen molar-refractivity contribution in [2.75, 3.05) is 30.5 Å². The first-order valence-corrected chi connectivity index (χ1v) is 7.13. The van der Waals surface area contributed by atoms with E-state index in [2.05, 4.69) is 25.2 Å². The second-order valence-electron chi connectivity index (χ2n) is 5.04. The number of aromatic nitrogens is 3. The molecule has 0 bridgehead atoms. The van der Waals surface area contributed by atoms with Crippen molar-refractivity contribution in [2.24, 2.45) is 0 Å². The first-order valence-electron chi connectivity index (χ1n) is 7.13. The van der Waals surface area contributed by atoms with E-state index in [-0.39, 0.29) is 0 Å². The molecule has 21 heavy (non-hydrogen) atoms. The Labute approximate surface area is 124 Å². The molecule has 0 unspecified atom stereocenters. The Kier molecular flexibility index (Phi) is 4.25. The third-order valence-corrected chi connectivity index (χ3v) is 3.58. The molecule has 1 aromatic carbocycles. The van der Waals surface area contributed by atoms with E-state index >= 15 is 0 Å². The zero-order valence-electron chi connectivity index (χ0n) is 12.1. The molecule has 0 saturated carbocycles. The monoisotopic (exact) mass is 285 g/mol. The summed E-state index contributed by atoms with van der Waals surface area (Å²) in [6.45, 7) is 1.66. The van der Waals surface area contributed by atoms with E-state index in [4.69, 9.17) is 4.74 Å². The van der Waals surface area contributed by atoms with Gasteiger partial charge < -0.3 is 15.0 Å². The molecule has 6 heteroatoms. The number of nitrogens with one attached hydrogen (secondary N) is 1. The summed E-state index contributed by atoms with van der Waals surface area (Å²) in [4.78, 5) is 15.2. The van der Waals surface area contributed by atoms with Gasteiger partial charge in [-0.05, 0) is 25.0 Å². The van der Waals surface area contributed by atoms with Gasteiger partial charge in [-0.2, -0.15) is 4.98 Å². The predicted molar refractivity (Wildman–Crippen MR) is 81.8 cm³/mol. The Bertz CT molecular complexity index is 577. The maximum Gasteiger partial charge on any atom is 0.231 e. The van der Waals surface area contributed by atoms with Crippen molar-refractivity contribution >= 4 is 17.6 Å². The van der Waals surface area contributed by atoms with Gasteiger partial charge in [0.05, 0.1) is 12.6 Å². The number of benzene rings is 1. The third kappa shape index (κ3) is 3.28. The van der Waals surface area contributed by atoms with Crippen LogP contribution in [0.5, 0.6) is 0 Å². The molecular formula is C15H19N5O. The molecule has 6 nitrogen and oxygen atoms in total. The average Bonchev–Trinajstić information content (AvgIpc) is 2.97. The summed E-state index contributed by atoms with van der Waals surface area (Å²) in [5, 5.41) is 3.19. The van der Waals surface area contributed by atoms with E-state index in [1.54, 1.807) is 13.4 Å². The summed E-state index contributed by atoms with van der Waals surface area (Å²) >= 11 is 0. The fraction of sp³-hybridized carbons (Fsp3) is 0.400. The maximum absolute atomic E-state index is 5.27. The van der Waals surface area contributed by atoms with Crippen molar-refractivity contribution < 1.29 is 4.74 Å². The van der Waals surface area contributed by atoms with Crippen LogP contribution in [-0.4, -0.2) is 41.3 Å². The third-order valence-electron chi connectivity index (χ3n) is 3.58. The number of para-hydroxylation sites is 1. The van der Waals surface area contributed by atoms with E-state index < -0.39 is 0 Å². The van der Waals surface area contributed by atoms with E-state index in [0.29, 0.717) is 24.5 Å². The lowest BCUT2D eigenvalue weighted by atomic mass is 10.2. The summed E-state index contributed by atoms with van der Waals surface area (Å²) < 4.78 is 5.27. The molecule has 2 heterocycles. The van der Waals surface area contributed by atoms with E-state index in [1.807, 2.05) is 30.3 Å². The molecule has 1 aliphatic heterocycles. The number of hydrogen-bond acceptors (Lipinski definition) is 6. The van der Waals surface area contributed by atoms with Crippen molar-refractivity contribution in [3.63, 3.8) is 0 Å². The topological polar surface area (TPSA) is 63.2 Å². The lowest BCUT2D eigenvalue weighted by Gasteiger charge is -2.23. The molecule has 1 fully saturated rings. The minimum absolute atomic E-state index is 0.349. The van der Waals surface area contributed by atoms with Crippen molar-refractivity contribution in [1.29, 1.82) is 0 Å². The highest BCUT2D eigenvalue weighted by atomic mass is 16.5. The van der Waals surface area contributed by atoms with Crippen molar-refractivity contribution in [1.82, 2.24) is 15.0 Å². The Balaban J connectivity index is 1.77. The molecule has 1 aliphatic rings.